The summed E-state index contributed by atoms with van der Waals surface area (Å²) in [5.41, 5.74) is 0. The maximum absolute atomic E-state index is 13.2. The van der Waals surface area contributed by atoms with Crippen LogP contribution < -0.4 is 0 Å². The van der Waals surface area contributed by atoms with Gasteiger partial charge < -0.3 is 5.11 Å². The smallest absolute Gasteiger partial charge is 0.183 e. The van der Waals surface area contributed by atoms with Crippen LogP contribution in [-0.2, 0) is 9.84 Å². The molecule has 2 rings (SSSR count). The summed E-state index contributed by atoms with van der Waals surface area (Å²) in [5.74, 6) is -0.568. The van der Waals surface area contributed by atoms with E-state index in [0.717, 1.165) is 31.7 Å². The lowest BCUT2D eigenvalue weighted by Gasteiger charge is -2.25. The quantitative estimate of drug-likeness (QED) is 0.909. The van der Waals surface area contributed by atoms with Crippen LogP contribution in [0.25, 0.3) is 0 Å². The second kappa shape index (κ2) is 6.01. The number of sulfone groups is 1. The molecule has 2 atom stereocenters. The lowest BCUT2D eigenvalue weighted by molar-refractivity contribution is 0.144. The highest BCUT2D eigenvalue weighted by Crippen LogP contribution is 2.27. The fraction of sp³-hybridized carbons (Fsp3) is 0.571. The van der Waals surface area contributed by atoms with Crippen LogP contribution in [0.2, 0.25) is 0 Å². The van der Waals surface area contributed by atoms with Gasteiger partial charge in [0.2, 0.25) is 0 Å². The van der Waals surface area contributed by atoms with Crippen molar-refractivity contribution in [3.05, 3.63) is 30.1 Å². The summed E-state index contributed by atoms with van der Waals surface area (Å²) in [7, 11) is -3.66. The van der Waals surface area contributed by atoms with Gasteiger partial charge in [0.1, 0.15) is 5.82 Å². The van der Waals surface area contributed by atoms with E-state index in [2.05, 4.69) is 0 Å². The van der Waals surface area contributed by atoms with E-state index in [9.17, 15) is 17.9 Å². The predicted octanol–water partition coefficient (Wildman–Crippen LogP) is 2.68. The van der Waals surface area contributed by atoms with E-state index in [1.807, 2.05) is 0 Å². The summed E-state index contributed by atoms with van der Waals surface area (Å²) in [5, 5.41) is 9.26. The molecular weight excluding hydrogens is 267 g/mol. The molecule has 0 heterocycles. The van der Waals surface area contributed by atoms with Crippen molar-refractivity contribution in [1.82, 2.24) is 0 Å². The molecule has 1 aliphatic carbocycles. The molecule has 1 aliphatic rings. The fourth-order valence-electron chi connectivity index (χ4n) is 2.61. The van der Waals surface area contributed by atoms with Gasteiger partial charge in [-0.3, -0.25) is 0 Å². The van der Waals surface area contributed by atoms with Crippen LogP contribution in [0.3, 0.4) is 0 Å². The van der Waals surface area contributed by atoms with Crippen LogP contribution in [0.1, 0.15) is 38.5 Å². The first-order valence-corrected chi connectivity index (χ1v) is 8.24. The molecule has 1 aromatic rings. The topological polar surface area (TPSA) is 54.4 Å². The summed E-state index contributed by atoms with van der Waals surface area (Å²) in [6, 6.07) is 5.02. The van der Waals surface area contributed by atoms with Gasteiger partial charge in [-0.1, -0.05) is 31.7 Å². The SMILES string of the molecule is O=S(=O)(c1cccc(F)c1)C1CCCCCCC1O. The van der Waals surface area contributed by atoms with Gasteiger partial charge >= 0.3 is 0 Å². The molecule has 3 nitrogen and oxygen atoms in total. The van der Waals surface area contributed by atoms with Crippen molar-refractivity contribution in [2.75, 3.05) is 0 Å². The normalized spacial score (nSPS) is 25.6. The highest BCUT2D eigenvalue weighted by Gasteiger charge is 2.34. The molecule has 0 saturated heterocycles. The van der Waals surface area contributed by atoms with Gasteiger partial charge in [-0.2, -0.15) is 0 Å². The van der Waals surface area contributed by atoms with Crippen LogP contribution in [0.15, 0.2) is 29.2 Å². The van der Waals surface area contributed by atoms with Gasteiger partial charge in [-0.25, -0.2) is 12.8 Å². The number of halogens is 1. The molecule has 1 N–H and O–H groups in total. The van der Waals surface area contributed by atoms with Gasteiger partial charge in [0.05, 0.1) is 16.2 Å². The van der Waals surface area contributed by atoms with E-state index in [1.165, 1.54) is 18.2 Å². The third kappa shape index (κ3) is 3.34. The number of aliphatic hydroxyl groups is 1. The first-order chi connectivity index (χ1) is 9.01. The zero-order valence-corrected chi connectivity index (χ0v) is 11.6. The molecule has 0 aliphatic heterocycles. The summed E-state index contributed by atoms with van der Waals surface area (Å²) in [6.07, 6.45) is 3.74. The summed E-state index contributed by atoms with van der Waals surface area (Å²) >= 11 is 0. The van der Waals surface area contributed by atoms with Crippen LogP contribution in [0, 0.1) is 5.82 Å². The average molecular weight is 286 g/mol. The molecule has 2 unspecified atom stereocenters. The molecule has 19 heavy (non-hydrogen) atoms. The molecule has 0 amide bonds. The zero-order chi connectivity index (χ0) is 13.9. The maximum atomic E-state index is 13.2. The lowest BCUT2D eigenvalue weighted by Crippen LogP contribution is -2.35. The number of aliphatic hydroxyl groups excluding tert-OH is 1. The maximum Gasteiger partial charge on any atom is 0.183 e. The lowest BCUT2D eigenvalue weighted by atomic mass is 9.98. The monoisotopic (exact) mass is 286 g/mol. The second-order valence-electron chi connectivity index (χ2n) is 5.10. The van der Waals surface area contributed by atoms with Gasteiger partial charge in [-0.05, 0) is 31.0 Å². The van der Waals surface area contributed by atoms with Gasteiger partial charge in [0.25, 0.3) is 0 Å². The van der Waals surface area contributed by atoms with Crippen molar-refractivity contribution in [3.8, 4) is 0 Å². The van der Waals surface area contributed by atoms with E-state index in [4.69, 9.17) is 0 Å². The van der Waals surface area contributed by atoms with Crippen molar-refractivity contribution in [1.29, 1.82) is 0 Å². The Morgan fingerprint density at radius 2 is 1.79 bits per heavy atom. The number of rotatable bonds is 2. The molecule has 0 aromatic heterocycles. The molecular formula is C14H19FO3S. The minimum Gasteiger partial charge on any atom is -0.392 e. The third-order valence-corrected chi connectivity index (χ3v) is 5.95. The summed E-state index contributed by atoms with van der Waals surface area (Å²) < 4.78 is 38.2. The van der Waals surface area contributed by atoms with Crippen LogP contribution >= 0.6 is 0 Å². The Bertz CT molecular complexity index is 527. The number of hydrogen-bond acceptors (Lipinski definition) is 3. The van der Waals surface area contributed by atoms with Crippen LogP contribution in [0.4, 0.5) is 4.39 Å². The van der Waals surface area contributed by atoms with E-state index in [-0.39, 0.29) is 4.90 Å². The summed E-state index contributed by atoms with van der Waals surface area (Å²) in [6.45, 7) is 0. The Kier molecular flexibility index (Phi) is 4.58. The molecule has 106 valence electrons. The Morgan fingerprint density at radius 1 is 1.11 bits per heavy atom. The highest BCUT2D eigenvalue weighted by atomic mass is 32.2. The van der Waals surface area contributed by atoms with E-state index >= 15 is 0 Å². The molecule has 1 fully saturated rings. The van der Waals surface area contributed by atoms with Gasteiger partial charge in [-0.15, -0.1) is 0 Å². The van der Waals surface area contributed by atoms with Crippen LogP contribution in [0.5, 0.6) is 0 Å². The Hall–Kier alpha value is -0.940. The van der Waals surface area contributed by atoms with E-state index < -0.39 is 27.0 Å². The fourth-order valence-corrected chi connectivity index (χ4v) is 4.53. The highest BCUT2D eigenvalue weighted by molar-refractivity contribution is 7.92. The van der Waals surface area contributed by atoms with Crippen molar-refractivity contribution in [3.63, 3.8) is 0 Å². The van der Waals surface area contributed by atoms with Crippen molar-refractivity contribution in [2.24, 2.45) is 0 Å². The van der Waals surface area contributed by atoms with Crippen molar-refractivity contribution < 1.29 is 17.9 Å². The van der Waals surface area contributed by atoms with Crippen molar-refractivity contribution >= 4 is 9.84 Å². The van der Waals surface area contributed by atoms with E-state index in [0.29, 0.717) is 12.8 Å². The van der Waals surface area contributed by atoms with Crippen molar-refractivity contribution in [2.45, 2.75) is 54.8 Å². The zero-order valence-electron chi connectivity index (χ0n) is 10.8. The first-order valence-electron chi connectivity index (χ1n) is 6.69. The molecule has 5 heteroatoms. The minimum atomic E-state index is -3.66. The molecule has 0 radical (unpaired) electrons. The number of benzene rings is 1. The molecule has 0 bridgehead atoms. The first kappa shape index (κ1) is 14.5. The summed E-state index contributed by atoms with van der Waals surface area (Å²) in [4.78, 5) is -0.0304. The Balaban J connectivity index is 2.31. The van der Waals surface area contributed by atoms with Crippen LogP contribution in [-0.4, -0.2) is 24.9 Å². The second-order valence-corrected chi connectivity index (χ2v) is 7.27. The minimum absolute atomic E-state index is 0.0304. The number of hydrogen-bond donors (Lipinski definition) is 1. The third-order valence-electron chi connectivity index (χ3n) is 3.69. The molecule has 1 aromatic carbocycles. The van der Waals surface area contributed by atoms with Gasteiger partial charge in [0, 0.05) is 0 Å². The van der Waals surface area contributed by atoms with Gasteiger partial charge in [0.15, 0.2) is 9.84 Å². The molecule has 1 saturated carbocycles. The standard InChI is InChI=1S/C14H19FO3S/c15-11-6-5-7-12(10-11)19(17,18)14-9-4-2-1-3-8-13(14)16/h5-7,10,13-14,16H,1-4,8-9H2. The average Bonchev–Trinajstić information content (AvgIpc) is 2.34. The molecule has 0 spiro atoms. The van der Waals surface area contributed by atoms with E-state index in [1.54, 1.807) is 0 Å². The Labute approximate surface area is 113 Å². The Morgan fingerprint density at radius 3 is 2.47 bits per heavy atom. The largest absolute Gasteiger partial charge is 0.392 e. The predicted molar refractivity (Wildman–Crippen MR) is 71.1 cm³/mol.